The molecule has 0 N–H and O–H groups in total. The zero-order valence-corrected chi connectivity index (χ0v) is 18.6. The Labute approximate surface area is 186 Å². The summed E-state index contributed by atoms with van der Waals surface area (Å²) in [6.45, 7) is 6.08. The fourth-order valence-electron chi connectivity index (χ4n) is 3.21. The maximum atomic E-state index is 12.4. The van der Waals surface area contributed by atoms with Gasteiger partial charge in [0.05, 0.1) is 19.2 Å². The maximum Gasteiger partial charge on any atom is 0.308 e. The lowest BCUT2D eigenvalue weighted by atomic mass is 10.2. The highest BCUT2D eigenvalue weighted by Crippen LogP contribution is 2.30. The van der Waals surface area contributed by atoms with Crippen LogP contribution in [0.3, 0.4) is 0 Å². The molecule has 0 spiro atoms. The maximum absolute atomic E-state index is 12.4. The molecule has 2 aromatic carbocycles. The molecule has 1 atom stereocenters. The van der Waals surface area contributed by atoms with Crippen molar-refractivity contribution in [2.45, 2.75) is 33.9 Å². The van der Waals surface area contributed by atoms with Gasteiger partial charge in [0.2, 0.25) is 23.9 Å². The molecule has 2 aromatic rings. The number of rotatable bonds is 6. The highest BCUT2D eigenvalue weighted by Gasteiger charge is 2.35. The van der Waals surface area contributed by atoms with Crippen molar-refractivity contribution in [3.63, 3.8) is 0 Å². The number of methoxy groups -OCH3 is 1. The number of hydrogen-bond donors (Lipinski definition) is 0. The van der Waals surface area contributed by atoms with E-state index < -0.39 is 12.2 Å². The van der Waals surface area contributed by atoms with Crippen molar-refractivity contribution < 1.29 is 28.6 Å². The molecule has 0 saturated carbocycles. The summed E-state index contributed by atoms with van der Waals surface area (Å²) in [5, 5.41) is 5.46. The second-order valence-electron chi connectivity index (χ2n) is 7.26. The minimum Gasteiger partial charge on any atom is -0.497 e. The predicted molar refractivity (Wildman–Crippen MR) is 117 cm³/mol. The lowest BCUT2D eigenvalue weighted by Crippen LogP contribution is -2.44. The first-order valence-corrected chi connectivity index (χ1v) is 9.96. The highest BCUT2D eigenvalue weighted by atomic mass is 16.5. The van der Waals surface area contributed by atoms with Crippen molar-refractivity contribution in [2.24, 2.45) is 5.10 Å². The molecule has 1 heterocycles. The van der Waals surface area contributed by atoms with Crippen LogP contribution in [0.15, 0.2) is 47.6 Å². The third kappa shape index (κ3) is 5.05. The van der Waals surface area contributed by atoms with Crippen LogP contribution in [-0.2, 0) is 19.1 Å². The van der Waals surface area contributed by atoms with Crippen molar-refractivity contribution in [3.05, 3.63) is 53.6 Å². The average Bonchev–Trinajstić information content (AvgIpc) is 3.16. The van der Waals surface area contributed by atoms with Crippen molar-refractivity contribution in [1.29, 1.82) is 0 Å². The fourth-order valence-corrected chi connectivity index (χ4v) is 3.21. The van der Waals surface area contributed by atoms with Crippen LogP contribution in [0.5, 0.6) is 11.5 Å². The zero-order chi connectivity index (χ0) is 23.4. The second-order valence-corrected chi connectivity index (χ2v) is 7.26. The molecule has 1 aliphatic rings. The van der Waals surface area contributed by atoms with Gasteiger partial charge < -0.3 is 19.1 Å². The van der Waals surface area contributed by atoms with Gasteiger partial charge in [-0.3, -0.25) is 14.4 Å². The Morgan fingerprint density at radius 3 is 2.34 bits per heavy atom. The monoisotopic (exact) mass is 439 g/mol. The number of carbonyl (C=O) groups is 3. The molecule has 0 unspecified atom stereocenters. The molecule has 1 aliphatic heterocycles. The largest absolute Gasteiger partial charge is 0.497 e. The SMILES string of the molecule is COc1ccc(OC(C)=O)c(C2=NN(C(C)=O)[C@@H](CN(C(C)=O)c3ccc(C)cc3)O2)c1. The second kappa shape index (κ2) is 9.51. The van der Waals surface area contributed by atoms with Gasteiger partial charge in [-0.05, 0) is 37.3 Å². The summed E-state index contributed by atoms with van der Waals surface area (Å²) in [6.07, 6.45) is -0.871. The number of esters is 1. The van der Waals surface area contributed by atoms with Gasteiger partial charge in [-0.1, -0.05) is 17.7 Å². The summed E-state index contributed by atoms with van der Waals surface area (Å²) in [5.74, 6) is -0.316. The number of aryl methyl sites for hydroxylation is 1. The molecule has 0 saturated heterocycles. The van der Waals surface area contributed by atoms with Gasteiger partial charge in [-0.2, -0.15) is 5.01 Å². The number of hydrogen-bond acceptors (Lipinski definition) is 7. The van der Waals surface area contributed by atoms with E-state index in [9.17, 15) is 14.4 Å². The predicted octanol–water partition coefficient (Wildman–Crippen LogP) is 2.85. The minimum atomic E-state index is -0.871. The molecular weight excluding hydrogens is 414 g/mol. The van der Waals surface area contributed by atoms with Gasteiger partial charge in [-0.15, -0.1) is 5.10 Å². The standard InChI is InChI=1S/C23H25N3O6/c1-14-6-8-18(9-7-14)25(15(2)27)13-22-26(16(3)28)24-23(32-22)20-12-19(30-5)10-11-21(20)31-17(4)29/h6-12,22H,13H2,1-5H3/t22-/m1/s1. The van der Waals surface area contributed by atoms with E-state index in [2.05, 4.69) is 5.10 Å². The number of hydrazone groups is 1. The molecule has 9 heteroatoms. The topological polar surface area (TPSA) is 97.7 Å². The molecule has 0 fully saturated rings. The average molecular weight is 439 g/mol. The van der Waals surface area contributed by atoms with Crippen LogP contribution in [0.2, 0.25) is 0 Å². The summed E-state index contributed by atoms with van der Waals surface area (Å²) in [4.78, 5) is 37.7. The zero-order valence-electron chi connectivity index (χ0n) is 18.6. The molecule has 3 rings (SSSR count). The van der Waals surface area contributed by atoms with Gasteiger partial charge >= 0.3 is 5.97 Å². The van der Waals surface area contributed by atoms with Crippen LogP contribution in [-0.4, -0.2) is 48.6 Å². The first kappa shape index (κ1) is 22.8. The summed E-state index contributed by atoms with van der Waals surface area (Å²) < 4.78 is 16.5. The van der Waals surface area contributed by atoms with Crippen LogP contribution in [0.25, 0.3) is 0 Å². The molecule has 32 heavy (non-hydrogen) atoms. The van der Waals surface area contributed by atoms with Gasteiger partial charge in [0, 0.05) is 26.5 Å². The van der Waals surface area contributed by atoms with Crippen LogP contribution < -0.4 is 14.4 Å². The van der Waals surface area contributed by atoms with Crippen LogP contribution in [0.1, 0.15) is 31.9 Å². The number of nitrogens with zero attached hydrogens (tertiary/aromatic N) is 3. The summed E-state index contributed by atoms with van der Waals surface area (Å²) in [5.41, 5.74) is 2.07. The Hall–Kier alpha value is -3.88. The molecule has 9 nitrogen and oxygen atoms in total. The lowest BCUT2D eigenvalue weighted by molar-refractivity contribution is -0.135. The van der Waals surface area contributed by atoms with Crippen LogP contribution >= 0.6 is 0 Å². The highest BCUT2D eigenvalue weighted by molar-refractivity contribution is 6.00. The van der Waals surface area contributed by atoms with Crippen LogP contribution in [0.4, 0.5) is 5.69 Å². The fraction of sp³-hybridized carbons (Fsp3) is 0.304. The van der Waals surface area contributed by atoms with Gasteiger partial charge in [-0.25, -0.2) is 0 Å². The lowest BCUT2D eigenvalue weighted by Gasteiger charge is -2.27. The smallest absolute Gasteiger partial charge is 0.308 e. The van der Waals surface area contributed by atoms with E-state index in [0.29, 0.717) is 17.0 Å². The minimum absolute atomic E-state index is 0.0534. The molecule has 0 aliphatic carbocycles. The van der Waals surface area contributed by atoms with Gasteiger partial charge in [0.15, 0.2) is 0 Å². The molecule has 2 amide bonds. The Balaban J connectivity index is 1.93. The first-order valence-electron chi connectivity index (χ1n) is 9.96. The Morgan fingerprint density at radius 1 is 1.09 bits per heavy atom. The summed E-state index contributed by atoms with van der Waals surface area (Å²) in [6, 6.07) is 12.2. The number of benzene rings is 2. The van der Waals surface area contributed by atoms with Gasteiger partial charge in [0.25, 0.3) is 0 Å². The number of anilines is 1. The quantitative estimate of drug-likeness (QED) is 0.507. The number of amides is 2. The van der Waals surface area contributed by atoms with Gasteiger partial charge in [0.1, 0.15) is 11.5 Å². The van der Waals surface area contributed by atoms with Crippen LogP contribution in [0, 0.1) is 6.92 Å². The van der Waals surface area contributed by atoms with Crippen molar-refractivity contribution in [2.75, 3.05) is 18.6 Å². The third-order valence-electron chi connectivity index (χ3n) is 4.78. The van der Waals surface area contributed by atoms with E-state index in [1.807, 2.05) is 31.2 Å². The first-order chi connectivity index (χ1) is 15.2. The van der Waals surface area contributed by atoms with E-state index in [0.717, 1.165) is 10.6 Å². The van der Waals surface area contributed by atoms with Crippen molar-refractivity contribution in [3.8, 4) is 11.5 Å². The Bertz CT molecular complexity index is 1060. The van der Waals surface area contributed by atoms with E-state index in [1.165, 1.54) is 32.8 Å². The normalized spacial score (nSPS) is 15.0. The molecule has 168 valence electrons. The summed E-state index contributed by atoms with van der Waals surface area (Å²) >= 11 is 0. The summed E-state index contributed by atoms with van der Waals surface area (Å²) in [7, 11) is 1.50. The molecule has 0 bridgehead atoms. The van der Waals surface area contributed by atoms with Crippen molar-refractivity contribution >= 4 is 29.4 Å². The third-order valence-corrected chi connectivity index (χ3v) is 4.78. The Kier molecular flexibility index (Phi) is 6.77. The molecule has 0 aromatic heterocycles. The molecule has 0 radical (unpaired) electrons. The van der Waals surface area contributed by atoms with E-state index in [-0.39, 0.29) is 30.0 Å². The van der Waals surface area contributed by atoms with E-state index >= 15 is 0 Å². The number of carbonyl (C=O) groups excluding carboxylic acids is 3. The van der Waals surface area contributed by atoms with E-state index in [1.54, 1.807) is 18.2 Å². The van der Waals surface area contributed by atoms with E-state index in [4.69, 9.17) is 14.2 Å². The van der Waals surface area contributed by atoms with Crippen molar-refractivity contribution in [1.82, 2.24) is 5.01 Å². The molecular formula is C23H25N3O6. The Morgan fingerprint density at radius 2 is 1.78 bits per heavy atom. The number of ether oxygens (including phenoxy) is 3.